The molecule has 1 aliphatic carbocycles. The standard InChI is InChI=1S/C7H12N2O3/c8-6(10)3-5(7(11)12)9-4-1-2-4/h4-5,9H,1-3H2,(H2,8,10)(H,11,12)/t5-/m0/s1. The molecule has 0 saturated heterocycles. The van der Waals surface area contributed by atoms with E-state index in [-0.39, 0.29) is 12.5 Å². The molecule has 0 aromatic heterocycles. The Balaban J connectivity index is 2.36. The normalized spacial score (nSPS) is 18.7. The number of carbonyl (C=O) groups is 2. The van der Waals surface area contributed by atoms with Crippen LogP contribution in [0, 0.1) is 0 Å². The number of rotatable bonds is 5. The summed E-state index contributed by atoms with van der Waals surface area (Å²) in [7, 11) is 0. The average molecular weight is 172 g/mol. The van der Waals surface area contributed by atoms with E-state index in [4.69, 9.17) is 10.8 Å². The third-order valence-corrected chi connectivity index (χ3v) is 1.72. The molecule has 0 radical (unpaired) electrons. The van der Waals surface area contributed by atoms with Crippen molar-refractivity contribution in [3.63, 3.8) is 0 Å². The van der Waals surface area contributed by atoms with Crippen molar-refractivity contribution in [3.8, 4) is 0 Å². The van der Waals surface area contributed by atoms with Gasteiger partial charge in [-0.1, -0.05) is 0 Å². The van der Waals surface area contributed by atoms with E-state index in [1.54, 1.807) is 0 Å². The molecule has 1 atom stereocenters. The van der Waals surface area contributed by atoms with Crippen LogP contribution in [0.5, 0.6) is 0 Å². The van der Waals surface area contributed by atoms with Gasteiger partial charge in [0.05, 0.1) is 6.42 Å². The molecule has 1 amide bonds. The zero-order chi connectivity index (χ0) is 9.14. The summed E-state index contributed by atoms with van der Waals surface area (Å²) in [6.45, 7) is 0. The number of carboxylic acids is 1. The van der Waals surface area contributed by atoms with Gasteiger partial charge in [-0.2, -0.15) is 0 Å². The monoisotopic (exact) mass is 172 g/mol. The maximum absolute atomic E-state index is 10.5. The summed E-state index contributed by atoms with van der Waals surface area (Å²) in [5.41, 5.74) is 4.89. The van der Waals surface area contributed by atoms with Crippen molar-refractivity contribution in [3.05, 3.63) is 0 Å². The number of carboxylic acid groups (broad SMARTS) is 1. The summed E-state index contributed by atoms with van der Waals surface area (Å²) in [6, 6.07) is -0.541. The Kier molecular flexibility index (Phi) is 2.65. The number of nitrogens with two attached hydrogens (primary N) is 1. The molecule has 5 nitrogen and oxygen atoms in total. The molecular weight excluding hydrogens is 160 g/mol. The second kappa shape index (κ2) is 3.53. The number of carbonyl (C=O) groups excluding carboxylic acids is 1. The molecule has 0 heterocycles. The topological polar surface area (TPSA) is 92.4 Å². The molecule has 0 bridgehead atoms. The molecule has 1 aliphatic rings. The van der Waals surface area contributed by atoms with Crippen LogP contribution < -0.4 is 11.1 Å². The lowest BCUT2D eigenvalue weighted by Gasteiger charge is -2.10. The SMILES string of the molecule is NC(=O)C[C@H](NC1CC1)C(=O)O. The molecule has 5 heteroatoms. The zero-order valence-electron chi connectivity index (χ0n) is 6.62. The van der Waals surface area contributed by atoms with Crippen LogP contribution in [0.3, 0.4) is 0 Å². The van der Waals surface area contributed by atoms with Crippen molar-refractivity contribution < 1.29 is 14.7 Å². The van der Waals surface area contributed by atoms with E-state index in [1.165, 1.54) is 0 Å². The van der Waals surface area contributed by atoms with Crippen molar-refractivity contribution in [2.75, 3.05) is 0 Å². The molecule has 1 saturated carbocycles. The van der Waals surface area contributed by atoms with Crippen LogP contribution in [-0.4, -0.2) is 29.1 Å². The molecule has 0 unspecified atom stereocenters. The molecule has 0 aliphatic heterocycles. The van der Waals surface area contributed by atoms with E-state index in [9.17, 15) is 9.59 Å². The molecule has 12 heavy (non-hydrogen) atoms. The summed E-state index contributed by atoms with van der Waals surface area (Å²) in [6.07, 6.45) is 1.84. The molecular formula is C7H12N2O3. The second-order valence-corrected chi connectivity index (χ2v) is 3.00. The van der Waals surface area contributed by atoms with Gasteiger partial charge in [0.2, 0.25) is 5.91 Å². The molecule has 68 valence electrons. The van der Waals surface area contributed by atoms with Crippen molar-refractivity contribution >= 4 is 11.9 Å². The minimum atomic E-state index is -1.01. The predicted octanol–water partition coefficient (Wildman–Crippen LogP) is -0.933. The van der Waals surface area contributed by atoms with Gasteiger partial charge in [-0.15, -0.1) is 0 Å². The van der Waals surface area contributed by atoms with Crippen LogP contribution in [0.4, 0.5) is 0 Å². The smallest absolute Gasteiger partial charge is 0.321 e. The Morgan fingerprint density at radius 1 is 1.58 bits per heavy atom. The largest absolute Gasteiger partial charge is 0.480 e. The van der Waals surface area contributed by atoms with Crippen molar-refractivity contribution in [1.82, 2.24) is 5.32 Å². The van der Waals surface area contributed by atoms with Crippen LogP contribution in [0.2, 0.25) is 0 Å². The summed E-state index contributed by atoms with van der Waals surface area (Å²) in [5.74, 6) is -1.60. The van der Waals surface area contributed by atoms with E-state index >= 15 is 0 Å². The third kappa shape index (κ3) is 2.87. The van der Waals surface area contributed by atoms with Crippen LogP contribution in [0.25, 0.3) is 0 Å². The highest BCUT2D eigenvalue weighted by Gasteiger charge is 2.28. The van der Waals surface area contributed by atoms with Crippen LogP contribution in [0.1, 0.15) is 19.3 Å². The fraction of sp³-hybridized carbons (Fsp3) is 0.714. The van der Waals surface area contributed by atoms with Gasteiger partial charge in [0.1, 0.15) is 6.04 Å². The number of nitrogens with one attached hydrogen (secondary N) is 1. The van der Waals surface area contributed by atoms with Gasteiger partial charge in [-0.25, -0.2) is 0 Å². The Hall–Kier alpha value is -1.10. The fourth-order valence-electron chi connectivity index (χ4n) is 0.953. The van der Waals surface area contributed by atoms with Crippen molar-refractivity contribution in [2.45, 2.75) is 31.3 Å². The first-order chi connectivity index (χ1) is 5.59. The fourth-order valence-corrected chi connectivity index (χ4v) is 0.953. The van der Waals surface area contributed by atoms with Gasteiger partial charge < -0.3 is 16.2 Å². The van der Waals surface area contributed by atoms with Crippen LogP contribution in [0.15, 0.2) is 0 Å². The summed E-state index contributed by atoms with van der Waals surface area (Å²) in [4.78, 5) is 21.0. The number of primary amides is 1. The number of hydrogen-bond acceptors (Lipinski definition) is 3. The first-order valence-electron chi connectivity index (χ1n) is 3.86. The molecule has 0 aromatic rings. The van der Waals surface area contributed by atoms with E-state index in [2.05, 4.69) is 5.32 Å². The van der Waals surface area contributed by atoms with Crippen LogP contribution in [-0.2, 0) is 9.59 Å². The van der Waals surface area contributed by atoms with E-state index in [0.29, 0.717) is 0 Å². The minimum Gasteiger partial charge on any atom is -0.480 e. The first-order valence-corrected chi connectivity index (χ1v) is 3.86. The quantitative estimate of drug-likeness (QED) is 0.499. The maximum Gasteiger partial charge on any atom is 0.321 e. The molecule has 1 rings (SSSR count). The van der Waals surface area contributed by atoms with Crippen molar-refractivity contribution in [1.29, 1.82) is 0 Å². The lowest BCUT2D eigenvalue weighted by molar-refractivity contribution is -0.141. The summed E-state index contributed by atoms with van der Waals surface area (Å²) < 4.78 is 0. The Morgan fingerprint density at radius 2 is 2.17 bits per heavy atom. The van der Waals surface area contributed by atoms with Gasteiger partial charge >= 0.3 is 5.97 Å². The lowest BCUT2D eigenvalue weighted by atomic mass is 10.2. The van der Waals surface area contributed by atoms with Gasteiger partial charge in [0.25, 0.3) is 0 Å². The van der Waals surface area contributed by atoms with E-state index < -0.39 is 17.9 Å². The average Bonchev–Trinajstić information content (AvgIpc) is 2.68. The summed E-state index contributed by atoms with van der Waals surface area (Å²) >= 11 is 0. The van der Waals surface area contributed by atoms with Crippen molar-refractivity contribution in [2.24, 2.45) is 5.73 Å². The maximum atomic E-state index is 10.5. The zero-order valence-corrected chi connectivity index (χ0v) is 6.62. The van der Waals surface area contributed by atoms with E-state index in [0.717, 1.165) is 12.8 Å². The Morgan fingerprint density at radius 3 is 2.50 bits per heavy atom. The van der Waals surface area contributed by atoms with Gasteiger partial charge in [-0.05, 0) is 12.8 Å². The van der Waals surface area contributed by atoms with Gasteiger partial charge in [0, 0.05) is 6.04 Å². The van der Waals surface area contributed by atoms with E-state index in [1.807, 2.05) is 0 Å². The number of amides is 1. The molecule has 0 aromatic carbocycles. The summed E-state index contributed by atoms with van der Waals surface area (Å²) in [5, 5.41) is 11.4. The highest BCUT2D eigenvalue weighted by atomic mass is 16.4. The predicted molar refractivity (Wildman–Crippen MR) is 41.4 cm³/mol. The van der Waals surface area contributed by atoms with Gasteiger partial charge in [-0.3, -0.25) is 9.59 Å². The number of aliphatic carboxylic acids is 1. The Bertz CT molecular complexity index is 201. The Labute approximate surface area is 69.9 Å². The highest BCUT2D eigenvalue weighted by molar-refractivity contribution is 5.83. The molecule has 4 N–H and O–H groups in total. The van der Waals surface area contributed by atoms with Gasteiger partial charge in [0.15, 0.2) is 0 Å². The molecule has 0 spiro atoms. The number of hydrogen-bond donors (Lipinski definition) is 3. The lowest BCUT2D eigenvalue weighted by Crippen LogP contribution is -2.41. The first kappa shape index (κ1) is 8.99. The second-order valence-electron chi connectivity index (χ2n) is 3.00. The molecule has 1 fully saturated rings. The third-order valence-electron chi connectivity index (χ3n) is 1.72. The van der Waals surface area contributed by atoms with Crippen LogP contribution >= 0.6 is 0 Å². The highest BCUT2D eigenvalue weighted by Crippen LogP contribution is 2.19. The minimum absolute atomic E-state index is 0.133.